The Kier molecular flexibility index (Phi) is 6.90. The van der Waals surface area contributed by atoms with Crippen molar-refractivity contribution in [2.75, 3.05) is 4.90 Å². The van der Waals surface area contributed by atoms with Crippen molar-refractivity contribution in [3.63, 3.8) is 0 Å². The molecule has 0 saturated carbocycles. The third kappa shape index (κ3) is 4.81. The summed E-state index contributed by atoms with van der Waals surface area (Å²) in [5.74, 6) is 0. The van der Waals surface area contributed by atoms with Gasteiger partial charge in [-0.2, -0.15) is 0 Å². The summed E-state index contributed by atoms with van der Waals surface area (Å²) < 4.78 is 6.61. The summed E-state index contributed by atoms with van der Waals surface area (Å²) in [7, 11) is 0. The second-order valence-corrected chi connectivity index (χ2v) is 14.1. The molecule has 0 spiro atoms. The third-order valence-corrected chi connectivity index (χ3v) is 11.0. The Balaban J connectivity index is 1.13. The minimum Gasteiger partial charge on any atom is -0.455 e. The largest absolute Gasteiger partial charge is 0.455 e. The molecule has 0 aliphatic heterocycles. The Bertz CT molecular complexity index is 3210. The molecule has 1 heterocycles. The maximum absolute atomic E-state index is 6.61. The lowest BCUT2D eigenvalue weighted by Crippen LogP contribution is -2.10. The molecule has 0 bridgehead atoms. The molecule has 11 aromatic rings. The van der Waals surface area contributed by atoms with E-state index >= 15 is 0 Å². The standard InChI is InChI=1S/C52H33NO/c1-2-12-34(13-3-1)44-31-30-43(51-47-20-10-11-21-50(47)54-52(44)51)36-24-27-39(28-25-36)53(40-29-26-37-23-22-35-14-4-6-16-41(35)48(37)33-40)49-32-38-15-5-7-17-42(38)45-18-8-9-19-46(45)49/h1-33H. The van der Waals surface area contributed by atoms with E-state index in [9.17, 15) is 0 Å². The van der Waals surface area contributed by atoms with Crippen LogP contribution in [-0.4, -0.2) is 0 Å². The van der Waals surface area contributed by atoms with E-state index in [-0.39, 0.29) is 0 Å². The van der Waals surface area contributed by atoms with E-state index in [0.29, 0.717) is 0 Å². The maximum atomic E-state index is 6.61. The normalized spacial score (nSPS) is 11.7. The highest BCUT2D eigenvalue weighted by atomic mass is 16.3. The van der Waals surface area contributed by atoms with Gasteiger partial charge in [-0.1, -0.05) is 158 Å². The minimum atomic E-state index is 0.895. The molecule has 0 saturated heterocycles. The molecule has 2 nitrogen and oxygen atoms in total. The molecule has 2 heteroatoms. The van der Waals surface area contributed by atoms with Gasteiger partial charge in [-0.25, -0.2) is 0 Å². The zero-order valence-electron chi connectivity index (χ0n) is 29.4. The van der Waals surface area contributed by atoms with Gasteiger partial charge in [0, 0.05) is 33.1 Å². The van der Waals surface area contributed by atoms with E-state index in [1.807, 2.05) is 6.07 Å². The van der Waals surface area contributed by atoms with Gasteiger partial charge in [0.15, 0.2) is 0 Å². The van der Waals surface area contributed by atoms with Gasteiger partial charge in [0.05, 0.1) is 5.69 Å². The van der Waals surface area contributed by atoms with Crippen LogP contribution in [0.3, 0.4) is 0 Å². The monoisotopic (exact) mass is 687 g/mol. The van der Waals surface area contributed by atoms with E-state index in [1.165, 1.54) is 43.1 Å². The van der Waals surface area contributed by atoms with E-state index in [0.717, 1.165) is 61.3 Å². The Labute approximate surface area is 312 Å². The van der Waals surface area contributed by atoms with Crippen LogP contribution in [0.1, 0.15) is 0 Å². The fourth-order valence-corrected chi connectivity index (χ4v) is 8.48. The van der Waals surface area contributed by atoms with Gasteiger partial charge in [0.25, 0.3) is 0 Å². The zero-order chi connectivity index (χ0) is 35.6. The number of benzene rings is 10. The predicted molar refractivity (Wildman–Crippen MR) is 229 cm³/mol. The number of nitrogens with zero attached hydrogens (tertiary/aromatic N) is 1. The van der Waals surface area contributed by atoms with Gasteiger partial charge in [-0.15, -0.1) is 0 Å². The number of fused-ring (bicyclic) bond motifs is 9. The first-order chi connectivity index (χ1) is 26.8. The first-order valence-corrected chi connectivity index (χ1v) is 18.5. The van der Waals surface area contributed by atoms with E-state index in [2.05, 4.69) is 199 Å². The summed E-state index contributed by atoms with van der Waals surface area (Å²) in [6, 6.07) is 72.3. The summed E-state index contributed by atoms with van der Waals surface area (Å²) in [5, 5.41) is 12.1. The van der Waals surface area contributed by atoms with Crippen LogP contribution in [0, 0.1) is 0 Å². The summed E-state index contributed by atoms with van der Waals surface area (Å²) in [6.07, 6.45) is 0. The Hall–Kier alpha value is -7.16. The number of furan rings is 1. The predicted octanol–water partition coefficient (Wildman–Crippen LogP) is 15.0. The number of hydrogen-bond donors (Lipinski definition) is 0. The molecule has 0 fully saturated rings. The van der Waals surface area contributed by atoms with Crippen LogP contribution in [-0.2, 0) is 0 Å². The molecule has 0 radical (unpaired) electrons. The Morgan fingerprint density at radius 3 is 1.69 bits per heavy atom. The quantitative estimate of drug-likeness (QED) is 0.168. The summed E-state index contributed by atoms with van der Waals surface area (Å²) in [5.41, 5.74) is 9.69. The van der Waals surface area contributed by atoms with Crippen molar-refractivity contribution in [2.45, 2.75) is 0 Å². The molecular formula is C52H33NO. The minimum absolute atomic E-state index is 0.895. The van der Waals surface area contributed by atoms with Crippen LogP contribution < -0.4 is 4.90 Å². The number of hydrogen-bond acceptors (Lipinski definition) is 2. The highest BCUT2D eigenvalue weighted by Crippen LogP contribution is 2.45. The van der Waals surface area contributed by atoms with Crippen LogP contribution >= 0.6 is 0 Å². The Morgan fingerprint density at radius 2 is 0.889 bits per heavy atom. The van der Waals surface area contributed by atoms with Crippen molar-refractivity contribution < 1.29 is 4.42 Å². The van der Waals surface area contributed by atoms with Gasteiger partial charge >= 0.3 is 0 Å². The van der Waals surface area contributed by atoms with Gasteiger partial charge in [-0.3, -0.25) is 0 Å². The molecule has 54 heavy (non-hydrogen) atoms. The SMILES string of the molecule is c1ccc(-c2ccc(-c3ccc(N(c4ccc5ccc6ccccc6c5c4)c4cc5ccccc5c5ccccc45)cc3)c3c2oc2ccccc23)cc1. The lowest BCUT2D eigenvalue weighted by atomic mass is 9.94. The molecular weight excluding hydrogens is 655 g/mol. The van der Waals surface area contributed by atoms with Gasteiger partial charge in [-0.05, 0) is 96.9 Å². The molecule has 0 unspecified atom stereocenters. The third-order valence-electron chi connectivity index (χ3n) is 11.0. The van der Waals surface area contributed by atoms with Gasteiger partial charge in [0.2, 0.25) is 0 Å². The Morgan fingerprint density at radius 1 is 0.333 bits per heavy atom. The molecule has 0 amide bonds. The van der Waals surface area contributed by atoms with Crippen LogP contribution in [0.25, 0.3) is 87.3 Å². The van der Waals surface area contributed by atoms with Crippen molar-refractivity contribution >= 4 is 82.1 Å². The zero-order valence-corrected chi connectivity index (χ0v) is 29.4. The van der Waals surface area contributed by atoms with Gasteiger partial charge < -0.3 is 9.32 Å². The lowest BCUT2D eigenvalue weighted by Gasteiger charge is -2.28. The van der Waals surface area contributed by atoms with Crippen molar-refractivity contribution in [1.82, 2.24) is 0 Å². The average molecular weight is 688 g/mol. The van der Waals surface area contributed by atoms with Crippen LogP contribution in [0.15, 0.2) is 205 Å². The number of rotatable bonds is 5. The highest BCUT2D eigenvalue weighted by molar-refractivity contribution is 6.17. The molecule has 1 aromatic heterocycles. The second kappa shape index (κ2) is 12.2. The van der Waals surface area contributed by atoms with Gasteiger partial charge in [0.1, 0.15) is 11.2 Å². The number of anilines is 3. The molecule has 11 rings (SSSR count). The molecule has 0 atom stereocenters. The smallest absolute Gasteiger partial charge is 0.143 e. The first kappa shape index (κ1) is 30.5. The van der Waals surface area contributed by atoms with Crippen LogP contribution in [0.5, 0.6) is 0 Å². The summed E-state index contributed by atoms with van der Waals surface area (Å²) >= 11 is 0. The highest BCUT2D eigenvalue weighted by Gasteiger charge is 2.20. The van der Waals surface area contributed by atoms with Crippen LogP contribution in [0.2, 0.25) is 0 Å². The van der Waals surface area contributed by atoms with Crippen molar-refractivity contribution in [1.29, 1.82) is 0 Å². The van der Waals surface area contributed by atoms with E-state index < -0.39 is 0 Å². The van der Waals surface area contributed by atoms with Crippen molar-refractivity contribution in [3.05, 3.63) is 200 Å². The van der Waals surface area contributed by atoms with Crippen LogP contribution in [0.4, 0.5) is 17.1 Å². The van der Waals surface area contributed by atoms with Crippen molar-refractivity contribution in [3.8, 4) is 22.3 Å². The summed E-state index contributed by atoms with van der Waals surface area (Å²) in [4.78, 5) is 2.43. The topological polar surface area (TPSA) is 16.4 Å². The fourth-order valence-electron chi connectivity index (χ4n) is 8.48. The van der Waals surface area contributed by atoms with E-state index in [1.54, 1.807) is 0 Å². The van der Waals surface area contributed by atoms with E-state index in [4.69, 9.17) is 4.42 Å². The lowest BCUT2D eigenvalue weighted by molar-refractivity contribution is 0.670. The summed E-state index contributed by atoms with van der Waals surface area (Å²) in [6.45, 7) is 0. The molecule has 0 aliphatic rings. The molecule has 10 aromatic carbocycles. The fraction of sp³-hybridized carbons (Fsp3) is 0. The number of para-hydroxylation sites is 1. The average Bonchev–Trinajstić information content (AvgIpc) is 3.64. The molecule has 252 valence electrons. The second-order valence-electron chi connectivity index (χ2n) is 14.1. The maximum Gasteiger partial charge on any atom is 0.143 e. The first-order valence-electron chi connectivity index (χ1n) is 18.5. The van der Waals surface area contributed by atoms with Crippen molar-refractivity contribution in [2.24, 2.45) is 0 Å². The molecule has 0 aliphatic carbocycles. The molecule has 0 N–H and O–H groups in total.